The zero-order valence-corrected chi connectivity index (χ0v) is 17.7. The number of hydrogen-bond donors (Lipinski definition) is 1. The quantitative estimate of drug-likeness (QED) is 0.743. The smallest absolute Gasteiger partial charge is 0.322 e. The van der Waals surface area contributed by atoms with Crippen molar-refractivity contribution >= 4 is 21.9 Å². The van der Waals surface area contributed by atoms with Gasteiger partial charge in [0, 0.05) is 25.3 Å². The third-order valence-corrected chi connectivity index (χ3v) is 7.67. The standard InChI is InChI=1S/C20H26N4O5S/c1-24(15-6-3-2-4-7-15)30(26,27)16-11-9-14(10-12-16)18(25)21-20-23-22-19(29-20)17-8-5-13-28-17/h9-12,15,17H,2-8,13H2,1H3,(H,21,23,25). The summed E-state index contributed by atoms with van der Waals surface area (Å²) in [6.45, 7) is 0.653. The SMILES string of the molecule is CN(C1CCCCC1)S(=O)(=O)c1ccc(C(=O)Nc2nnc(C3CCCO3)o2)cc1. The van der Waals surface area contributed by atoms with Crippen LogP contribution in [0.1, 0.15) is 67.3 Å². The average Bonchev–Trinajstić information content (AvgIpc) is 3.46. The van der Waals surface area contributed by atoms with Crippen LogP contribution >= 0.6 is 0 Å². The van der Waals surface area contributed by atoms with E-state index in [1.807, 2.05) is 0 Å². The maximum Gasteiger partial charge on any atom is 0.322 e. The van der Waals surface area contributed by atoms with Gasteiger partial charge in [-0.2, -0.15) is 4.31 Å². The number of hydrogen-bond acceptors (Lipinski definition) is 7. The third kappa shape index (κ3) is 4.40. The van der Waals surface area contributed by atoms with Crippen molar-refractivity contribution in [3.63, 3.8) is 0 Å². The minimum Gasteiger partial charge on any atom is -0.405 e. The number of nitrogens with zero attached hydrogens (tertiary/aromatic N) is 3. The molecule has 0 bridgehead atoms. The monoisotopic (exact) mass is 434 g/mol. The van der Waals surface area contributed by atoms with Crippen LogP contribution in [0.25, 0.3) is 0 Å². The van der Waals surface area contributed by atoms with E-state index in [0.29, 0.717) is 18.1 Å². The van der Waals surface area contributed by atoms with Crippen LogP contribution in [-0.2, 0) is 14.8 Å². The lowest BCUT2D eigenvalue weighted by Crippen LogP contribution is -2.38. The second-order valence-electron chi connectivity index (χ2n) is 7.74. The molecule has 1 N–H and O–H groups in total. The minimum absolute atomic E-state index is 0.0146. The van der Waals surface area contributed by atoms with E-state index in [4.69, 9.17) is 9.15 Å². The van der Waals surface area contributed by atoms with Crippen molar-refractivity contribution in [2.75, 3.05) is 19.0 Å². The number of aromatic nitrogens is 2. The molecular weight excluding hydrogens is 408 g/mol. The number of anilines is 1. The lowest BCUT2D eigenvalue weighted by Gasteiger charge is -2.30. The topological polar surface area (TPSA) is 115 Å². The highest BCUT2D eigenvalue weighted by Gasteiger charge is 2.29. The fraction of sp³-hybridized carbons (Fsp3) is 0.550. The first-order valence-corrected chi connectivity index (χ1v) is 11.7. The molecule has 2 heterocycles. The van der Waals surface area contributed by atoms with Gasteiger partial charge in [0.05, 0.1) is 4.90 Å². The van der Waals surface area contributed by atoms with Crippen LogP contribution in [0.15, 0.2) is 33.6 Å². The number of sulfonamides is 1. The summed E-state index contributed by atoms with van der Waals surface area (Å²) in [6, 6.07) is 5.88. The van der Waals surface area contributed by atoms with E-state index in [2.05, 4.69) is 15.5 Å². The molecular formula is C20H26N4O5S. The molecule has 1 aromatic heterocycles. The van der Waals surface area contributed by atoms with Crippen LogP contribution < -0.4 is 5.32 Å². The molecule has 1 aliphatic heterocycles. The van der Waals surface area contributed by atoms with E-state index in [9.17, 15) is 13.2 Å². The molecule has 2 fully saturated rings. The van der Waals surface area contributed by atoms with Gasteiger partial charge in [0.1, 0.15) is 6.10 Å². The van der Waals surface area contributed by atoms with E-state index in [1.165, 1.54) is 28.6 Å². The third-order valence-electron chi connectivity index (χ3n) is 5.75. The van der Waals surface area contributed by atoms with Gasteiger partial charge in [0.25, 0.3) is 5.91 Å². The molecule has 0 spiro atoms. The Morgan fingerprint density at radius 2 is 1.80 bits per heavy atom. The number of nitrogens with one attached hydrogen (secondary N) is 1. The normalized spacial score (nSPS) is 20.5. The number of carbonyl (C=O) groups excluding carboxylic acids is 1. The van der Waals surface area contributed by atoms with Crippen LogP contribution in [-0.4, -0.2) is 48.5 Å². The number of benzene rings is 1. The zero-order valence-electron chi connectivity index (χ0n) is 16.9. The van der Waals surface area contributed by atoms with Gasteiger partial charge >= 0.3 is 6.01 Å². The summed E-state index contributed by atoms with van der Waals surface area (Å²) < 4.78 is 38.2. The van der Waals surface area contributed by atoms with Gasteiger partial charge in [-0.05, 0) is 49.9 Å². The molecule has 1 aromatic carbocycles. The summed E-state index contributed by atoms with van der Waals surface area (Å²) in [7, 11) is -1.97. The Kier molecular flexibility index (Phi) is 6.16. The molecule has 1 saturated heterocycles. The second-order valence-corrected chi connectivity index (χ2v) is 9.74. The molecule has 1 aliphatic carbocycles. The fourth-order valence-corrected chi connectivity index (χ4v) is 5.36. The Morgan fingerprint density at radius 3 is 2.47 bits per heavy atom. The van der Waals surface area contributed by atoms with Gasteiger partial charge in [-0.3, -0.25) is 10.1 Å². The van der Waals surface area contributed by atoms with Crippen LogP contribution in [0.3, 0.4) is 0 Å². The van der Waals surface area contributed by atoms with Gasteiger partial charge in [0.15, 0.2) is 0 Å². The Hall–Kier alpha value is -2.30. The number of carbonyl (C=O) groups is 1. The molecule has 9 nitrogen and oxygen atoms in total. The van der Waals surface area contributed by atoms with E-state index in [-0.39, 0.29) is 23.1 Å². The van der Waals surface area contributed by atoms with Crippen molar-refractivity contribution in [2.45, 2.75) is 62.0 Å². The highest BCUT2D eigenvalue weighted by molar-refractivity contribution is 7.89. The van der Waals surface area contributed by atoms with E-state index >= 15 is 0 Å². The largest absolute Gasteiger partial charge is 0.405 e. The van der Waals surface area contributed by atoms with Gasteiger partial charge in [-0.25, -0.2) is 8.42 Å². The molecule has 10 heteroatoms. The summed E-state index contributed by atoms with van der Waals surface area (Å²) in [4.78, 5) is 12.6. The Labute approximate surface area is 175 Å². The summed E-state index contributed by atoms with van der Waals surface area (Å²) >= 11 is 0. The Balaban J connectivity index is 1.41. The van der Waals surface area contributed by atoms with Crippen molar-refractivity contribution < 1.29 is 22.4 Å². The van der Waals surface area contributed by atoms with Crippen molar-refractivity contribution in [1.29, 1.82) is 0 Å². The van der Waals surface area contributed by atoms with Gasteiger partial charge in [-0.1, -0.05) is 24.4 Å². The zero-order chi connectivity index (χ0) is 21.1. The number of amides is 1. The first kappa shape index (κ1) is 21.0. The van der Waals surface area contributed by atoms with Crippen LogP contribution in [0.5, 0.6) is 0 Å². The van der Waals surface area contributed by atoms with E-state index in [1.54, 1.807) is 7.05 Å². The highest BCUT2D eigenvalue weighted by atomic mass is 32.2. The molecule has 1 saturated carbocycles. The maximum absolute atomic E-state index is 12.9. The molecule has 2 aromatic rings. The van der Waals surface area contributed by atoms with Crippen molar-refractivity contribution in [1.82, 2.24) is 14.5 Å². The van der Waals surface area contributed by atoms with Gasteiger partial charge < -0.3 is 9.15 Å². The minimum atomic E-state index is -3.60. The highest BCUT2D eigenvalue weighted by Crippen LogP contribution is 2.29. The molecule has 4 rings (SSSR count). The van der Waals surface area contributed by atoms with E-state index < -0.39 is 15.9 Å². The van der Waals surface area contributed by atoms with Gasteiger partial charge in [0.2, 0.25) is 15.9 Å². The van der Waals surface area contributed by atoms with Crippen LogP contribution in [0, 0.1) is 0 Å². The van der Waals surface area contributed by atoms with Crippen molar-refractivity contribution in [3.05, 3.63) is 35.7 Å². The Morgan fingerprint density at radius 1 is 1.07 bits per heavy atom. The maximum atomic E-state index is 12.9. The molecule has 1 atom stereocenters. The summed E-state index contributed by atoms with van der Waals surface area (Å²) in [5.74, 6) is -0.114. The molecule has 30 heavy (non-hydrogen) atoms. The first-order valence-electron chi connectivity index (χ1n) is 10.3. The van der Waals surface area contributed by atoms with Crippen molar-refractivity contribution in [2.24, 2.45) is 0 Å². The molecule has 1 unspecified atom stereocenters. The van der Waals surface area contributed by atoms with Crippen molar-refractivity contribution in [3.8, 4) is 0 Å². The Bertz CT molecular complexity index is 977. The lowest BCUT2D eigenvalue weighted by molar-refractivity contribution is 0.0893. The molecule has 0 radical (unpaired) electrons. The summed E-state index contributed by atoms with van der Waals surface area (Å²) in [6.07, 6.45) is 6.53. The second kappa shape index (κ2) is 8.83. The number of ether oxygens (including phenoxy) is 1. The van der Waals surface area contributed by atoms with E-state index in [0.717, 1.165) is 44.9 Å². The first-order chi connectivity index (χ1) is 14.4. The average molecular weight is 435 g/mol. The predicted octanol–water partition coefficient (Wildman–Crippen LogP) is 3.13. The van der Waals surface area contributed by atoms with Crippen LogP contribution in [0.2, 0.25) is 0 Å². The molecule has 2 aliphatic rings. The summed E-state index contributed by atoms with van der Waals surface area (Å²) in [5, 5.41) is 10.3. The molecule has 1 amide bonds. The lowest BCUT2D eigenvalue weighted by atomic mass is 9.96. The van der Waals surface area contributed by atoms with Crippen LogP contribution in [0.4, 0.5) is 6.01 Å². The molecule has 162 valence electrons. The predicted molar refractivity (Wildman–Crippen MR) is 108 cm³/mol. The summed E-state index contributed by atoms with van der Waals surface area (Å²) in [5.41, 5.74) is 0.297. The van der Waals surface area contributed by atoms with Gasteiger partial charge in [-0.15, -0.1) is 5.10 Å². The number of rotatable bonds is 6. The fourth-order valence-electron chi connectivity index (χ4n) is 3.94.